The largest absolute Gasteiger partial charge is 0.414 e. The summed E-state index contributed by atoms with van der Waals surface area (Å²) in [6, 6.07) is 0. The summed E-state index contributed by atoms with van der Waals surface area (Å²) in [5.41, 5.74) is 0. The fraction of sp³-hybridized carbons (Fsp3) is 1.00. The van der Waals surface area contributed by atoms with Crippen LogP contribution in [0.1, 0.15) is 27.2 Å². The molecule has 0 N–H and O–H groups in total. The summed E-state index contributed by atoms with van der Waals surface area (Å²) in [4.78, 5) is 0. The smallest absolute Gasteiger partial charge is 0.372 e. The fourth-order valence-corrected chi connectivity index (χ4v) is 0.532. The molecule has 0 aromatic rings. The van der Waals surface area contributed by atoms with E-state index in [4.69, 9.17) is 0 Å². The number of halogens is 3. The summed E-state index contributed by atoms with van der Waals surface area (Å²) in [5.74, 6) is 0. The number of methoxy groups -OCH3 is 1. The van der Waals surface area contributed by atoms with Gasteiger partial charge in [-0.05, 0) is 6.42 Å². The molecule has 0 heterocycles. The zero-order valence-electron chi connectivity index (χ0n) is 7.33. The second-order valence-electron chi connectivity index (χ2n) is 1.67. The minimum absolute atomic E-state index is 0.0278. The number of hydrogen-bond acceptors (Lipinski definition) is 1. The van der Waals surface area contributed by atoms with Gasteiger partial charge in [0.1, 0.15) is 0 Å². The highest BCUT2D eigenvalue weighted by Gasteiger charge is 2.38. The third-order valence-electron chi connectivity index (χ3n) is 1.02. The maximum Gasteiger partial charge on any atom is 0.414 e. The summed E-state index contributed by atoms with van der Waals surface area (Å²) in [5, 5.41) is 0. The Bertz CT molecular complexity index is 76.2. The zero-order chi connectivity index (χ0) is 9.49. The minimum Gasteiger partial charge on any atom is -0.372 e. The van der Waals surface area contributed by atoms with Gasteiger partial charge < -0.3 is 4.74 Å². The molecule has 0 amide bonds. The predicted molar refractivity (Wildman–Crippen MR) is 38.5 cm³/mol. The summed E-state index contributed by atoms with van der Waals surface area (Å²) in [6.07, 6.45) is -5.83. The van der Waals surface area contributed by atoms with Crippen molar-refractivity contribution in [3.63, 3.8) is 0 Å². The zero-order valence-corrected chi connectivity index (χ0v) is 7.33. The molecule has 0 saturated heterocycles. The Balaban J connectivity index is 0. The van der Waals surface area contributed by atoms with E-state index >= 15 is 0 Å². The van der Waals surface area contributed by atoms with Gasteiger partial charge in [0, 0.05) is 7.11 Å². The Morgan fingerprint density at radius 3 is 1.64 bits per heavy atom. The Kier molecular flexibility index (Phi) is 7.84. The van der Waals surface area contributed by atoms with Gasteiger partial charge in [0.15, 0.2) is 6.10 Å². The molecule has 1 atom stereocenters. The van der Waals surface area contributed by atoms with Gasteiger partial charge >= 0.3 is 6.18 Å². The van der Waals surface area contributed by atoms with Crippen LogP contribution >= 0.6 is 0 Å². The van der Waals surface area contributed by atoms with Crippen molar-refractivity contribution in [2.75, 3.05) is 7.11 Å². The maximum absolute atomic E-state index is 11.6. The standard InChI is InChI=1S/C5H9F3O.C2H6/c1-3-4(9-2)5(6,7)8;1-2/h4H,3H2,1-2H3;1-2H3. The molecule has 0 rings (SSSR count). The van der Waals surface area contributed by atoms with E-state index in [9.17, 15) is 13.2 Å². The number of ether oxygens (including phenoxy) is 1. The lowest BCUT2D eigenvalue weighted by Crippen LogP contribution is -2.29. The Labute approximate surface area is 65.5 Å². The highest BCUT2D eigenvalue weighted by atomic mass is 19.4. The van der Waals surface area contributed by atoms with Gasteiger partial charge in [-0.3, -0.25) is 0 Å². The van der Waals surface area contributed by atoms with Crippen molar-refractivity contribution in [1.82, 2.24) is 0 Å². The molecular formula is C7H15F3O. The SMILES string of the molecule is CC.CCC(OC)C(F)(F)F. The molecule has 0 aliphatic carbocycles. The molecule has 1 nitrogen and oxygen atoms in total. The molecule has 1 unspecified atom stereocenters. The van der Waals surface area contributed by atoms with Gasteiger partial charge in [0.2, 0.25) is 0 Å². The van der Waals surface area contributed by atoms with Crippen molar-refractivity contribution in [3.8, 4) is 0 Å². The molecule has 0 fully saturated rings. The van der Waals surface area contributed by atoms with Crippen LogP contribution in [0.3, 0.4) is 0 Å². The van der Waals surface area contributed by atoms with E-state index in [1.54, 1.807) is 0 Å². The average molecular weight is 172 g/mol. The molecule has 0 aromatic carbocycles. The number of rotatable bonds is 2. The molecule has 0 bridgehead atoms. The quantitative estimate of drug-likeness (QED) is 0.622. The lowest BCUT2D eigenvalue weighted by molar-refractivity contribution is -0.213. The van der Waals surface area contributed by atoms with Crippen molar-refractivity contribution in [2.45, 2.75) is 39.5 Å². The first kappa shape index (κ1) is 13.3. The molecule has 11 heavy (non-hydrogen) atoms. The topological polar surface area (TPSA) is 9.23 Å². The minimum atomic E-state index is -4.20. The van der Waals surface area contributed by atoms with Crippen molar-refractivity contribution in [2.24, 2.45) is 0 Å². The molecule has 0 saturated carbocycles. The van der Waals surface area contributed by atoms with Gasteiger partial charge in [0.25, 0.3) is 0 Å². The highest BCUT2D eigenvalue weighted by molar-refractivity contribution is 4.63. The summed E-state index contributed by atoms with van der Waals surface area (Å²) >= 11 is 0. The van der Waals surface area contributed by atoms with Crippen molar-refractivity contribution in [1.29, 1.82) is 0 Å². The van der Waals surface area contributed by atoms with Crippen LogP contribution in [0.4, 0.5) is 13.2 Å². The van der Waals surface area contributed by atoms with E-state index in [2.05, 4.69) is 4.74 Å². The number of hydrogen-bond donors (Lipinski definition) is 0. The molecule has 4 heteroatoms. The maximum atomic E-state index is 11.6. The van der Waals surface area contributed by atoms with Crippen molar-refractivity contribution >= 4 is 0 Å². The lowest BCUT2D eigenvalue weighted by atomic mass is 10.3. The van der Waals surface area contributed by atoms with Crippen LogP contribution in [-0.2, 0) is 4.74 Å². The Hall–Kier alpha value is -0.250. The van der Waals surface area contributed by atoms with Crippen LogP contribution in [-0.4, -0.2) is 19.4 Å². The van der Waals surface area contributed by atoms with E-state index in [-0.39, 0.29) is 6.42 Å². The average Bonchev–Trinajstić information content (AvgIpc) is 1.92. The van der Waals surface area contributed by atoms with Crippen LogP contribution in [0.5, 0.6) is 0 Å². The summed E-state index contributed by atoms with van der Waals surface area (Å²) in [6.45, 7) is 5.43. The van der Waals surface area contributed by atoms with Gasteiger partial charge in [-0.25, -0.2) is 0 Å². The second-order valence-corrected chi connectivity index (χ2v) is 1.67. The third kappa shape index (κ3) is 6.16. The predicted octanol–water partition coefficient (Wildman–Crippen LogP) is 3.00. The van der Waals surface area contributed by atoms with Crippen LogP contribution in [0, 0.1) is 0 Å². The highest BCUT2D eigenvalue weighted by Crippen LogP contribution is 2.23. The second kappa shape index (κ2) is 6.46. The van der Waals surface area contributed by atoms with Gasteiger partial charge in [-0.15, -0.1) is 0 Å². The van der Waals surface area contributed by atoms with Crippen LogP contribution in [0.2, 0.25) is 0 Å². The van der Waals surface area contributed by atoms with E-state index < -0.39 is 12.3 Å². The van der Waals surface area contributed by atoms with Crippen LogP contribution in [0.15, 0.2) is 0 Å². The molecule has 0 spiro atoms. The molecular weight excluding hydrogens is 157 g/mol. The number of alkyl halides is 3. The first-order valence-corrected chi connectivity index (χ1v) is 3.61. The fourth-order valence-electron chi connectivity index (χ4n) is 0.532. The van der Waals surface area contributed by atoms with Crippen molar-refractivity contribution < 1.29 is 17.9 Å². The van der Waals surface area contributed by atoms with Crippen molar-refractivity contribution in [3.05, 3.63) is 0 Å². The van der Waals surface area contributed by atoms with Crippen LogP contribution in [0.25, 0.3) is 0 Å². The molecule has 0 aliphatic rings. The first-order valence-electron chi connectivity index (χ1n) is 3.61. The third-order valence-corrected chi connectivity index (χ3v) is 1.02. The van der Waals surface area contributed by atoms with Gasteiger partial charge in [-0.1, -0.05) is 20.8 Å². The summed E-state index contributed by atoms with van der Waals surface area (Å²) < 4.78 is 38.9. The molecule has 0 aromatic heterocycles. The van der Waals surface area contributed by atoms with Gasteiger partial charge in [0.05, 0.1) is 0 Å². The Morgan fingerprint density at radius 1 is 1.27 bits per heavy atom. The molecule has 0 aliphatic heterocycles. The Morgan fingerprint density at radius 2 is 1.64 bits per heavy atom. The van der Waals surface area contributed by atoms with Gasteiger partial charge in [-0.2, -0.15) is 13.2 Å². The normalized spacial score (nSPS) is 13.4. The lowest BCUT2D eigenvalue weighted by Gasteiger charge is -2.15. The van der Waals surface area contributed by atoms with E-state index in [0.717, 1.165) is 7.11 Å². The first-order chi connectivity index (χ1) is 5.02. The van der Waals surface area contributed by atoms with E-state index in [0.29, 0.717) is 0 Å². The van der Waals surface area contributed by atoms with Crippen LogP contribution < -0.4 is 0 Å². The van der Waals surface area contributed by atoms with E-state index in [1.165, 1.54) is 6.92 Å². The van der Waals surface area contributed by atoms with E-state index in [1.807, 2.05) is 13.8 Å². The summed E-state index contributed by atoms with van der Waals surface area (Å²) in [7, 11) is 1.06. The monoisotopic (exact) mass is 172 g/mol. The molecule has 70 valence electrons. The molecule has 0 radical (unpaired) electrons.